The molecule has 0 heterocycles. The number of rotatable bonds is 10. The molecule has 0 saturated carbocycles. The maximum atomic E-state index is 11.6. The summed E-state index contributed by atoms with van der Waals surface area (Å²) in [4.78, 5) is 21.9. The maximum Gasteiger partial charge on any atom is 0.321 e. The summed E-state index contributed by atoms with van der Waals surface area (Å²) in [5.74, 6) is -1.80. The normalized spacial score (nSPS) is 12.9. The van der Waals surface area contributed by atoms with Gasteiger partial charge in [0.15, 0.2) is 0 Å². The first-order valence-corrected chi connectivity index (χ1v) is 8.74. The van der Waals surface area contributed by atoms with Crippen molar-refractivity contribution in [3.8, 4) is 0 Å². The second kappa shape index (κ2) is 9.16. The van der Waals surface area contributed by atoms with Gasteiger partial charge in [0.2, 0.25) is 10.0 Å². The molecule has 0 aliphatic carbocycles. The molecule has 0 radical (unpaired) electrons. The lowest BCUT2D eigenvalue weighted by molar-refractivity contribution is -0.142. The predicted octanol–water partition coefficient (Wildman–Crippen LogP) is 0.0653. The van der Waals surface area contributed by atoms with Crippen LogP contribution in [0.15, 0.2) is 0 Å². The first kappa shape index (κ1) is 18.2. The molecule has 0 aromatic heterocycles. The number of thioether (sulfide) groups is 1. The molecular formula is C10H19NO6S2. The van der Waals surface area contributed by atoms with Crippen molar-refractivity contribution in [3.63, 3.8) is 0 Å². The summed E-state index contributed by atoms with van der Waals surface area (Å²) < 4.78 is 29.9. The lowest BCUT2D eigenvalue weighted by Crippen LogP contribution is -2.42. The number of esters is 1. The van der Waals surface area contributed by atoms with Crippen LogP contribution in [0.4, 0.5) is 0 Å². The molecule has 9 heteroatoms. The van der Waals surface area contributed by atoms with Crippen molar-refractivity contribution in [2.75, 3.05) is 24.4 Å². The van der Waals surface area contributed by atoms with Gasteiger partial charge in [0, 0.05) is 0 Å². The fourth-order valence-corrected chi connectivity index (χ4v) is 2.87. The molecule has 0 saturated heterocycles. The lowest BCUT2D eigenvalue weighted by Gasteiger charge is -2.13. The number of nitrogens with one attached hydrogen (secondary N) is 1. The number of carbonyl (C=O) groups is 2. The third kappa shape index (κ3) is 8.84. The summed E-state index contributed by atoms with van der Waals surface area (Å²) in [6.45, 7) is 1.80. The van der Waals surface area contributed by atoms with Gasteiger partial charge in [-0.2, -0.15) is 11.8 Å². The zero-order valence-corrected chi connectivity index (χ0v) is 12.6. The average Bonchev–Trinajstić information content (AvgIpc) is 2.32. The second-order valence-electron chi connectivity index (χ2n) is 3.66. The Morgan fingerprint density at radius 1 is 1.42 bits per heavy atom. The standard InChI is InChI=1S/C10H19NO6S2/c1-3-17-9(12)5-7-19(15,16)11-8(10(13)14)4-6-18-2/h8,11H,3-7H2,1-2H3,(H,13,14). The molecular weight excluding hydrogens is 294 g/mol. The number of aliphatic carboxylic acids is 1. The van der Waals surface area contributed by atoms with E-state index in [9.17, 15) is 18.0 Å². The van der Waals surface area contributed by atoms with E-state index in [0.29, 0.717) is 5.75 Å². The summed E-state index contributed by atoms with van der Waals surface area (Å²) in [5, 5.41) is 8.90. The Morgan fingerprint density at radius 3 is 2.53 bits per heavy atom. The van der Waals surface area contributed by atoms with Crippen LogP contribution in [-0.2, 0) is 24.3 Å². The monoisotopic (exact) mass is 313 g/mol. The van der Waals surface area contributed by atoms with Crippen LogP contribution < -0.4 is 4.72 Å². The number of ether oxygens (including phenoxy) is 1. The molecule has 0 amide bonds. The van der Waals surface area contributed by atoms with Crippen molar-refractivity contribution < 1.29 is 27.9 Å². The van der Waals surface area contributed by atoms with E-state index in [4.69, 9.17) is 5.11 Å². The van der Waals surface area contributed by atoms with Crippen LogP contribution in [0.5, 0.6) is 0 Å². The van der Waals surface area contributed by atoms with Crippen molar-refractivity contribution in [2.45, 2.75) is 25.8 Å². The maximum absolute atomic E-state index is 11.6. The van der Waals surface area contributed by atoms with E-state index >= 15 is 0 Å². The van der Waals surface area contributed by atoms with Gasteiger partial charge in [0.1, 0.15) is 6.04 Å². The van der Waals surface area contributed by atoms with Gasteiger partial charge < -0.3 is 9.84 Å². The molecule has 112 valence electrons. The van der Waals surface area contributed by atoms with Gasteiger partial charge >= 0.3 is 11.9 Å². The Morgan fingerprint density at radius 2 is 2.05 bits per heavy atom. The number of hydrogen-bond acceptors (Lipinski definition) is 6. The third-order valence-electron chi connectivity index (χ3n) is 2.11. The van der Waals surface area contributed by atoms with Crippen LogP contribution in [0.3, 0.4) is 0 Å². The van der Waals surface area contributed by atoms with Gasteiger partial charge in [-0.05, 0) is 25.4 Å². The van der Waals surface area contributed by atoms with Crippen molar-refractivity contribution in [1.29, 1.82) is 0 Å². The number of carboxylic acids is 1. The summed E-state index contributed by atoms with van der Waals surface area (Å²) in [6.07, 6.45) is 1.70. The molecule has 7 nitrogen and oxygen atoms in total. The number of carboxylic acid groups (broad SMARTS) is 1. The third-order valence-corrected chi connectivity index (χ3v) is 4.14. The molecule has 1 atom stereocenters. The first-order valence-electron chi connectivity index (χ1n) is 5.69. The molecule has 0 aromatic carbocycles. The zero-order chi connectivity index (χ0) is 14.9. The molecule has 19 heavy (non-hydrogen) atoms. The highest BCUT2D eigenvalue weighted by Gasteiger charge is 2.24. The van der Waals surface area contributed by atoms with Crippen LogP contribution >= 0.6 is 11.8 Å². The number of sulfonamides is 1. The van der Waals surface area contributed by atoms with Gasteiger partial charge in [-0.15, -0.1) is 0 Å². The van der Waals surface area contributed by atoms with Crippen LogP contribution in [0.25, 0.3) is 0 Å². The molecule has 1 unspecified atom stereocenters. The summed E-state index contributed by atoms with van der Waals surface area (Å²) in [5.41, 5.74) is 0. The van der Waals surface area contributed by atoms with Crippen molar-refractivity contribution in [2.24, 2.45) is 0 Å². The highest BCUT2D eigenvalue weighted by Crippen LogP contribution is 2.03. The molecule has 0 rings (SSSR count). The molecule has 0 bridgehead atoms. The predicted molar refractivity (Wildman–Crippen MR) is 72.6 cm³/mol. The summed E-state index contributed by atoms with van der Waals surface area (Å²) in [6, 6.07) is -1.17. The van der Waals surface area contributed by atoms with E-state index < -0.39 is 33.8 Å². The molecule has 0 aliphatic rings. The summed E-state index contributed by atoms with van der Waals surface area (Å²) >= 11 is 1.43. The highest BCUT2D eigenvalue weighted by molar-refractivity contribution is 7.98. The van der Waals surface area contributed by atoms with E-state index in [2.05, 4.69) is 9.46 Å². The molecule has 0 spiro atoms. The molecule has 0 fully saturated rings. The Hall–Kier alpha value is -0.800. The average molecular weight is 313 g/mol. The SMILES string of the molecule is CCOC(=O)CCS(=O)(=O)NC(CCSC)C(=O)O. The van der Waals surface area contributed by atoms with Gasteiger partial charge in [0.25, 0.3) is 0 Å². The quantitative estimate of drug-likeness (QED) is 0.549. The Bertz CT molecular complexity index is 395. The molecule has 0 aliphatic heterocycles. The minimum absolute atomic E-state index is 0.178. The topological polar surface area (TPSA) is 110 Å². The van der Waals surface area contributed by atoms with Gasteiger partial charge in [-0.3, -0.25) is 9.59 Å². The van der Waals surface area contributed by atoms with Gasteiger partial charge in [-0.25, -0.2) is 13.1 Å². The van der Waals surface area contributed by atoms with E-state index in [1.807, 2.05) is 0 Å². The van der Waals surface area contributed by atoms with E-state index in [0.717, 1.165) is 0 Å². The van der Waals surface area contributed by atoms with Gasteiger partial charge in [-0.1, -0.05) is 0 Å². The van der Waals surface area contributed by atoms with E-state index in [1.165, 1.54) is 11.8 Å². The fourth-order valence-electron chi connectivity index (χ4n) is 1.20. The zero-order valence-electron chi connectivity index (χ0n) is 10.9. The lowest BCUT2D eigenvalue weighted by atomic mass is 10.2. The number of hydrogen-bond donors (Lipinski definition) is 2. The van der Waals surface area contributed by atoms with E-state index in [1.54, 1.807) is 13.2 Å². The van der Waals surface area contributed by atoms with Crippen molar-refractivity contribution in [1.82, 2.24) is 4.72 Å². The van der Waals surface area contributed by atoms with E-state index in [-0.39, 0.29) is 19.4 Å². The minimum Gasteiger partial charge on any atom is -0.480 e. The fraction of sp³-hybridized carbons (Fsp3) is 0.800. The number of carbonyl (C=O) groups excluding carboxylic acids is 1. The van der Waals surface area contributed by atoms with Gasteiger partial charge in [0.05, 0.1) is 18.8 Å². The largest absolute Gasteiger partial charge is 0.480 e. The van der Waals surface area contributed by atoms with Crippen LogP contribution in [0.2, 0.25) is 0 Å². The smallest absolute Gasteiger partial charge is 0.321 e. The van der Waals surface area contributed by atoms with Crippen molar-refractivity contribution in [3.05, 3.63) is 0 Å². The Balaban J connectivity index is 4.38. The van der Waals surface area contributed by atoms with Crippen LogP contribution in [0, 0.1) is 0 Å². The molecule has 2 N–H and O–H groups in total. The first-order chi connectivity index (χ1) is 8.82. The summed E-state index contributed by atoms with van der Waals surface area (Å²) in [7, 11) is -3.81. The minimum atomic E-state index is -3.81. The molecule has 0 aromatic rings. The highest BCUT2D eigenvalue weighted by atomic mass is 32.2. The Labute approximate surface area is 117 Å². The van der Waals surface area contributed by atoms with Crippen LogP contribution in [0.1, 0.15) is 19.8 Å². The van der Waals surface area contributed by atoms with Crippen molar-refractivity contribution >= 4 is 33.7 Å². The Kier molecular flexibility index (Phi) is 8.77. The van der Waals surface area contributed by atoms with Crippen LogP contribution in [-0.4, -0.2) is 55.9 Å². The second-order valence-corrected chi connectivity index (χ2v) is 6.52.